The Morgan fingerprint density at radius 2 is 1.65 bits per heavy atom. The van der Waals surface area contributed by atoms with E-state index in [1.165, 1.54) is 0 Å². The molecule has 23 heavy (non-hydrogen) atoms. The molecule has 0 aliphatic rings. The van der Waals surface area contributed by atoms with E-state index >= 15 is 0 Å². The zero-order chi connectivity index (χ0) is 17.7. The van der Waals surface area contributed by atoms with Gasteiger partial charge in [0.2, 0.25) is 0 Å². The van der Waals surface area contributed by atoms with Gasteiger partial charge < -0.3 is 18.5 Å². The number of rotatable bonds is 13. The maximum Gasteiger partial charge on any atom is 0.364 e. The first-order valence-corrected chi connectivity index (χ1v) is 10.1. The maximum atomic E-state index is 13.0. The zero-order valence-electron chi connectivity index (χ0n) is 15.5. The summed E-state index contributed by atoms with van der Waals surface area (Å²) in [7, 11) is -3.28. The molecule has 1 atom stereocenters. The van der Waals surface area contributed by atoms with Gasteiger partial charge in [0.15, 0.2) is 6.29 Å². The van der Waals surface area contributed by atoms with Crippen LogP contribution < -0.4 is 0 Å². The Morgan fingerprint density at radius 3 is 2.13 bits per heavy atom. The van der Waals surface area contributed by atoms with E-state index in [1.54, 1.807) is 0 Å². The fraction of sp³-hybridized carbons (Fsp3) is 0.824. The molecule has 0 saturated carbocycles. The molecule has 0 amide bonds. The Kier molecular flexibility index (Phi) is 12.7. The van der Waals surface area contributed by atoms with Crippen LogP contribution in [0.15, 0.2) is 16.6 Å². The van der Waals surface area contributed by atoms with Gasteiger partial charge in [0, 0.05) is 6.61 Å². The lowest BCUT2D eigenvalue weighted by atomic mass is 10.2. The minimum atomic E-state index is -3.28. The van der Waals surface area contributed by atoms with Crippen LogP contribution in [0.1, 0.15) is 60.8 Å². The molecule has 0 heterocycles. The molecule has 5 nitrogen and oxygen atoms in total. The lowest BCUT2D eigenvalue weighted by Gasteiger charge is -2.19. The van der Waals surface area contributed by atoms with Gasteiger partial charge in [-0.3, -0.25) is 4.57 Å². The van der Waals surface area contributed by atoms with Crippen LogP contribution in [0.2, 0.25) is 0 Å². The average molecular weight is 348 g/mol. The summed E-state index contributed by atoms with van der Waals surface area (Å²) in [4.78, 5) is 0. The van der Waals surface area contributed by atoms with E-state index in [1.807, 2.05) is 34.6 Å². The van der Waals surface area contributed by atoms with Gasteiger partial charge in [-0.05, 0) is 53.0 Å². The molecule has 0 aliphatic heterocycles. The molecule has 0 aromatic rings. The predicted octanol–water partition coefficient (Wildman–Crippen LogP) is 5.27. The third kappa shape index (κ3) is 9.46. The van der Waals surface area contributed by atoms with Crippen molar-refractivity contribution in [3.8, 4) is 0 Å². The molecule has 136 valence electrons. The van der Waals surface area contributed by atoms with Crippen LogP contribution in [-0.4, -0.2) is 32.7 Å². The van der Waals surface area contributed by atoms with Crippen molar-refractivity contribution in [2.45, 2.75) is 67.1 Å². The van der Waals surface area contributed by atoms with E-state index in [2.05, 4.69) is 12.7 Å². The average Bonchev–Trinajstić information content (AvgIpc) is 2.50. The molecule has 0 radical (unpaired) electrons. The second-order valence-corrected chi connectivity index (χ2v) is 7.17. The lowest BCUT2D eigenvalue weighted by Crippen LogP contribution is -2.13. The van der Waals surface area contributed by atoms with Gasteiger partial charge >= 0.3 is 7.60 Å². The molecule has 0 spiro atoms. The number of hydrogen-bond donors (Lipinski definition) is 0. The van der Waals surface area contributed by atoms with E-state index < -0.39 is 7.60 Å². The highest BCUT2D eigenvalue weighted by Crippen LogP contribution is 2.57. The van der Waals surface area contributed by atoms with Crippen LogP contribution in [0.3, 0.4) is 0 Å². The second-order valence-electron chi connectivity index (χ2n) is 5.12. The van der Waals surface area contributed by atoms with E-state index in [-0.39, 0.29) is 6.29 Å². The minimum Gasteiger partial charge on any atom is -0.353 e. The van der Waals surface area contributed by atoms with Crippen LogP contribution >= 0.6 is 7.60 Å². The summed E-state index contributed by atoms with van der Waals surface area (Å²) in [5.41, 5.74) is 4.05. The SMILES string of the molecule is CCCCC(=C=C(C)COC(C)OCC)P(=O)(OCC)OCC. The number of hydrogen-bond acceptors (Lipinski definition) is 5. The molecule has 0 aliphatic carbocycles. The smallest absolute Gasteiger partial charge is 0.353 e. The standard InChI is InChI=1S/C17H33O5P/c1-7-11-12-17(23(18,21-9-3)22-10-4)13-15(5)14-20-16(6)19-8-2/h16H,7-12,14H2,1-6H3. The van der Waals surface area contributed by atoms with Gasteiger partial charge in [-0.1, -0.05) is 13.3 Å². The Bertz CT molecular complexity index is 417. The molecule has 0 saturated heterocycles. The first kappa shape index (κ1) is 22.6. The molecule has 0 aromatic carbocycles. The summed E-state index contributed by atoms with van der Waals surface area (Å²) < 4.78 is 34.8. The Labute approximate surface area is 141 Å². The second kappa shape index (κ2) is 12.9. The topological polar surface area (TPSA) is 54.0 Å². The van der Waals surface area contributed by atoms with Crippen molar-refractivity contribution >= 4 is 7.60 Å². The minimum absolute atomic E-state index is 0.276. The first-order chi connectivity index (χ1) is 10.9. The van der Waals surface area contributed by atoms with Gasteiger partial charge in [-0.25, -0.2) is 0 Å². The molecule has 0 N–H and O–H groups in total. The monoisotopic (exact) mass is 348 g/mol. The van der Waals surface area contributed by atoms with E-state index in [0.29, 0.717) is 38.2 Å². The van der Waals surface area contributed by atoms with Crippen molar-refractivity contribution in [1.29, 1.82) is 0 Å². The molecular weight excluding hydrogens is 315 g/mol. The van der Waals surface area contributed by atoms with E-state index in [0.717, 1.165) is 18.4 Å². The maximum absolute atomic E-state index is 13.0. The summed E-state index contributed by atoms with van der Waals surface area (Å²) in [5.74, 6) is 0. The molecule has 0 fully saturated rings. The highest BCUT2D eigenvalue weighted by molar-refractivity contribution is 7.58. The Hall–Kier alpha value is -0.410. The van der Waals surface area contributed by atoms with Crippen LogP contribution in [0.5, 0.6) is 0 Å². The fourth-order valence-electron chi connectivity index (χ4n) is 1.95. The van der Waals surface area contributed by atoms with Crippen molar-refractivity contribution in [1.82, 2.24) is 0 Å². The quantitative estimate of drug-likeness (QED) is 0.258. The lowest BCUT2D eigenvalue weighted by molar-refractivity contribution is -0.120. The highest BCUT2D eigenvalue weighted by Gasteiger charge is 2.29. The van der Waals surface area contributed by atoms with Gasteiger partial charge in [-0.15, -0.1) is 5.73 Å². The van der Waals surface area contributed by atoms with Crippen LogP contribution in [0.25, 0.3) is 0 Å². The van der Waals surface area contributed by atoms with Crippen LogP contribution in [-0.2, 0) is 23.1 Å². The highest BCUT2D eigenvalue weighted by atomic mass is 31.2. The third-order valence-corrected chi connectivity index (χ3v) is 5.18. The number of unbranched alkanes of at least 4 members (excludes halogenated alkanes) is 1. The summed E-state index contributed by atoms with van der Waals surface area (Å²) in [6, 6.07) is 0. The van der Waals surface area contributed by atoms with Crippen molar-refractivity contribution in [3.05, 3.63) is 16.6 Å². The van der Waals surface area contributed by atoms with Gasteiger partial charge in [0.05, 0.1) is 25.1 Å². The largest absolute Gasteiger partial charge is 0.364 e. The van der Waals surface area contributed by atoms with Crippen LogP contribution in [0, 0.1) is 0 Å². The van der Waals surface area contributed by atoms with Crippen molar-refractivity contribution in [2.24, 2.45) is 0 Å². The molecular formula is C17H33O5P. The van der Waals surface area contributed by atoms with E-state index in [9.17, 15) is 4.57 Å². The molecule has 0 aromatic heterocycles. The first-order valence-electron chi connectivity index (χ1n) is 8.51. The molecule has 6 heteroatoms. The summed E-state index contributed by atoms with van der Waals surface area (Å²) >= 11 is 0. The zero-order valence-corrected chi connectivity index (χ0v) is 16.4. The Morgan fingerprint density at radius 1 is 1.04 bits per heavy atom. The third-order valence-electron chi connectivity index (χ3n) is 2.99. The van der Waals surface area contributed by atoms with Crippen molar-refractivity contribution in [3.63, 3.8) is 0 Å². The van der Waals surface area contributed by atoms with E-state index in [4.69, 9.17) is 18.5 Å². The summed E-state index contributed by atoms with van der Waals surface area (Å²) in [5, 5.41) is 0.605. The van der Waals surface area contributed by atoms with Gasteiger partial charge in [-0.2, -0.15) is 0 Å². The Balaban J connectivity index is 5.30. The van der Waals surface area contributed by atoms with Gasteiger partial charge in [0.1, 0.15) is 0 Å². The van der Waals surface area contributed by atoms with Crippen molar-refractivity contribution in [2.75, 3.05) is 26.4 Å². The molecule has 0 bridgehead atoms. The fourth-order valence-corrected chi connectivity index (χ4v) is 3.78. The summed E-state index contributed by atoms with van der Waals surface area (Å²) in [6.45, 7) is 13.0. The number of ether oxygens (including phenoxy) is 2. The summed E-state index contributed by atoms with van der Waals surface area (Å²) in [6.07, 6.45) is 2.28. The van der Waals surface area contributed by atoms with Crippen molar-refractivity contribution < 1.29 is 23.1 Å². The normalized spacial score (nSPS) is 12.8. The molecule has 1 unspecified atom stereocenters. The molecule has 0 rings (SSSR count). The predicted molar refractivity (Wildman–Crippen MR) is 93.6 cm³/mol. The van der Waals surface area contributed by atoms with Crippen LogP contribution in [0.4, 0.5) is 0 Å². The van der Waals surface area contributed by atoms with Gasteiger partial charge in [0.25, 0.3) is 0 Å².